The van der Waals surface area contributed by atoms with Gasteiger partial charge < -0.3 is 15.2 Å². The van der Waals surface area contributed by atoms with Crippen molar-refractivity contribution in [2.45, 2.75) is 51.4 Å². The number of hydrogen-bond donors (Lipinski definition) is 3. The minimum absolute atomic E-state index is 0.0810. The van der Waals surface area contributed by atoms with E-state index in [0.29, 0.717) is 11.5 Å². The summed E-state index contributed by atoms with van der Waals surface area (Å²) in [6.45, 7) is 2.05. The van der Waals surface area contributed by atoms with Gasteiger partial charge in [0.1, 0.15) is 11.2 Å². The van der Waals surface area contributed by atoms with Gasteiger partial charge in [-0.1, -0.05) is 19.3 Å². The van der Waals surface area contributed by atoms with Gasteiger partial charge in [0, 0.05) is 36.2 Å². The number of nitrogens with one attached hydrogen (secondary N) is 3. The number of fused-ring (bicyclic) bond motifs is 2. The number of H-pyrrole nitrogens is 2. The Morgan fingerprint density at radius 3 is 2.59 bits per heavy atom. The Kier molecular flexibility index (Phi) is 6.14. The molecular formula is C29H31N9O. The fraction of sp³-hybridized carbons (Fsp3) is 0.379. The van der Waals surface area contributed by atoms with Gasteiger partial charge in [0.2, 0.25) is 5.91 Å². The summed E-state index contributed by atoms with van der Waals surface area (Å²) < 4.78 is 0. The van der Waals surface area contributed by atoms with Gasteiger partial charge in [-0.15, -0.1) is 0 Å². The van der Waals surface area contributed by atoms with Gasteiger partial charge in [-0.25, -0.2) is 4.98 Å². The monoisotopic (exact) mass is 521 g/mol. The molecule has 198 valence electrons. The molecular weight excluding hydrogens is 490 g/mol. The number of carbonyl (C=O) groups excluding carboxylic acids is 1. The maximum atomic E-state index is 12.8. The second kappa shape index (κ2) is 10.1. The van der Waals surface area contributed by atoms with E-state index in [-0.39, 0.29) is 11.8 Å². The predicted molar refractivity (Wildman–Crippen MR) is 151 cm³/mol. The summed E-state index contributed by atoms with van der Waals surface area (Å²) in [7, 11) is 0. The molecule has 10 nitrogen and oxygen atoms in total. The zero-order valence-electron chi connectivity index (χ0n) is 21.8. The molecule has 5 aromatic rings. The SMILES string of the molecule is O=C(Nc1cncc(-c2cc3c(-c4nc5c(N6CCCCC6)cncc5[nH]4)n[nH]c3cn2)c1)C1CCCCC1. The van der Waals surface area contributed by atoms with Crippen LogP contribution in [0.3, 0.4) is 0 Å². The first-order valence-electron chi connectivity index (χ1n) is 13.9. The zero-order valence-corrected chi connectivity index (χ0v) is 21.8. The van der Waals surface area contributed by atoms with E-state index >= 15 is 0 Å². The number of rotatable bonds is 5. The number of aromatic amines is 2. The van der Waals surface area contributed by atoms with Crippen LogP contribution in [0, 0.1) is 5.92 Å². The second-order valence-electron chi connectivity index (χ2n) is 10.7. The lowest BCUT2D eigenvalue weighted by molar-refractivity contribution is -0.120. The molecule has 0 radical (unpaired) electrons. The summed E-state index contributed by atoms with van der Waals surface area (Å²) in [6.07, 6.45) is 18.0. The Labute approximate surface area is 225 Å². The third-order valence-corrected chi connectivity index (χ3v) is 8.02. The van der Waals surface area contributed by atoms with Gasteiger partial charge in [-0.3, -0.25) is 24.8 Å². The minimum Gasteiger partial charge on any atom is -0.368 e. The summed E-state index contributed by atoms with van der Waals surface area (Å²) in [6, 6.07) is 3.92. The summed E-state index contributed by atoms with van der Waals surface area (Å²) in [5.41, 5.74) is 6.68. The van der Waals surface area contributed by atoms with Crippen LogP contribution in [0.15, 0.2) is 43.1 Å². The smallest absolute Gasteiger partial charge is 0.227 e. The molecule has 0 atom stereocenters. The number of hydrogen-bond acceptors (Lipinski definition) is 7. The molecule has 2 aliphatic rings. The number of amides is 1. The third-order valence-electron chi connectivity index (χ3n) is 8.02. The first-order valence-corrected chi connectivity index (χ1v) is 13.9. The van der Waals surface area contributed by atoms with Crippen molar-refractivity contribution < 1.29 is 4.79 Å². The van der Waals surface area contributed by atoms with Crippen molar-refractivity contribution in [2.24, 2.45) is 5.92 Å². The van der Waals surface area contributed by atoms with E-state index in [0.717, 1.165) is 83.3 Å². The van der Waals surface area contributed by atoms with Crippen LogP contribution in [0.25, 0.3) is 44.7 Å². The van der Waals surface area contributed by atoms with E-state index in [1.807, 2.05) is 24.5 Å². The maximum Gasteiger partial charge on any atom is 0.227 e. The van der Waals surface area contributed by atoms with Gasteiger partial charge in [0.05, 0.1) is 52.9 Å². The van der Waals surface area contributed by atoms with Crippen molar-refractivity contribution in [3.05, 3.63) is 43.1 Å². The lowest BCUT2D eigenvalue weighted by Crippen LogP contribution is -2.29. The number of pyridine rings is 3. The van der Waals surface area contributed by atoms with E-state index in [1.54, 1.807) is 18.6 Å². The molecule has 1 aliphatic heterocycles. The highest BCUT2D eigenvalue weighted by molar-refractivity contribution is 5.97. The van der Waals surface area contributed by atoms with Crippen molar-refractivity contribution in [1.82, 2.24) is 35.1 Å². The standard InChI is InChI=1S/C29H31N9O/c39-29(18-7-3-1-4-8-18)33-20-11-19(13-30-14-20)22-12-21-23(16-32-22)36-37-26(21)28-34-24-15-31-17-25(27(24)35-28)38-9-5-2-6-10-38/h11-18H,1-10H2,(H,33,39)(H,34,35)(H,36,37). The average molecular weight is 522 g/mol. The van der Waals surface area contributed by atoms with Gasteiger partial charge in [0.15, 0.2) is 5.82 Å². The molecule has 10 heteroatoms. The van der Waals surface area contributed by atoms with Crippen molar-refractivity contribution in [3.63, 3.8) is 0 Å². The van der Waals surface area contributed by atoms with Gasteiger partial charge in [-0.2, -0.15) is 5.10 Å². The number of nitrogens with zero attached hydrogens (tertiary/aromatic N) is 6. The molecule has 0 aromatic carbocycles. The summed E-state index contributed by atoms with van der Waals surface area (Å²) in [4.78, 5) is 37.0. The molecule has 0 unspecified atom stereocenters. The summed E-state index contributed by atoms with van der Waals surface area (Å²) in [5, 5.41) is 11.6. The van der Waals surface area contributed by atoms with Crippen LogP contribution in [-0.2, 0) is 4.79 Å². The van der Waals surface area contributed by atoms with Crippen LogP contribution in [0.4, 0.5) is 11.4 Å². The van der Waals surface area contributed by atoms with Crippen LogP contribution in [0.2, 0.25) is 0 Å². The molecule has 0 spiro atoms. The molecule has 1 aliphatic carbocycles. The predicted octanol–water partition coefficient (Wildman–Crippen LogP) is 5.47. The number of imidazole rings is 1. The third kappa shape index (κ3) is 4.60. The molecule has 5 aromatic heterocycles. The average Bonchev–Trinajstić information content (AvgIpc) is 3.62. The topological polar surface area (TPSA) is 128 Å². The Balaban J connectivity index is 1.20. The molecule has 0 bridgehead atoms. The lowest BCUT2D eigenvalue weighted by Gasteiger charge is -2.28. The van der Waals surface area contributed by atoms with E-state index < -0.39 is 0 Å². The maximum absolute atomic E-state index is 12.8. The van der Waals surface area contributed by atoms with Crippen LogP contribution >= 0.6 is 0 Å². The van der Waals surface area contributed by atoms with E-state index in [1.165, 1.54) is 25.7 Å². The number of piperidine rings is 1. The number of carbonyl (C=O) groups is 1. The molecule has 3 N–H and O–H groups in total. The highest BCUT2D eigenvalue weighted by atomic mass is 16.1. The highest BCUT2D eigenvalue weighted by Crippen LogP contribution is 2.33. The van der Waals surface area contributed by atoms with Gasteiger partial charge in [-0.05, 0) is 44.2 Å². The second-order valence-corrected chi connectivity index (χ2v) is 10.7. The van der Waals surface area contributed by atoms with Crippen molar-refractivity contribution in [2.75, 3.05) is 23.3 Å². The molecule has 1 saturated heterocycles. The minimum atomic E-state index is 0.0810. The Morgan fingerprint density at radius 1 is 0.897 bits per heavy atom. The lowest BCUT2D eigenvalue weighted by atomic mass is 9.88. The highest BCUT2D eigenvalue weighted by Gasteiger charge is 2.22. The fourth-order valence-electron chi connectivity index (χ4n) is 5.91. The molecule has 7 rings (SSSR count). The Morgan fingerprint density at radius 2 is 1.72 bits per heavy atom. The van der Waals surface area contributed by atoms with E-state index in [4.69, 9.17) is 4.98 Å². The summed E-state index contributed by atoms with van der Waals surface area (Å²) >= 11 is 0. The normalized spacial score (nSPS) is 16.7. The largest absolute Gasteiger partial charge is 0.368 e. The molecule has 1 saturated carbocycles. The number of anilines is 2. The first-order chi connectivity index (χ1) is 19.2. The van der Waals surface area contributed by atoms with E-state index in [9.17, 15) is 4.79 Å². The van der Waals surface area contributed by atoms with Crippen molar-refractivity contribution in [3.8, 4) is 22.8 Å². The van der Waals surface area contributed by atoms with Crippen LogP contribution in [-0.4, -0.2) is 54.1 Å². The zero-order chi connectivity index (χ0) is 26.2. The van der Waals surface area contributed by atoms with E-state index in [2.05, 4.69) is 40.3 Å². The number of aromatic nitrogens is 7. The first kappa shape index (κ1) is 23.8. The van der Waals surface area contributed by atoms with Crippen LogP contribution in [0.5, 0.6) is 0 Å². The molecule has 39 heavy (non-hydrogen) atoms. The molecule has 2 fully saturated rings. The van der Waals surface area contributed by atoms with Crippen LogP contribution in [0.1, 0.15) is 51.4 Å². The Bertz CT molecular complexity index is 1640. The fourth-order valence-corrected chi connectivity index (χ4v) is 5.91. The molecule has 6 heterocycles. The quantitative estimate of drug-likeness (QED) is 0.280. The van der Waals surface area contributed by atoms with Crippen LogP contribution < -0.4 is 10.2 Å². The van der Waals surface area contributed by atoms with Gasteiger partial charge in [0.25, 0.3) is 0 Å². The van der Waals surface area contributed by atoms with Gasteiger partial charge >= 0.3 is 0 Å². The Hall–Kier alpha value is -4.34. The van der Waals surface area contributed by atoms with Crippen molar-refractivity contribution in [1.29, 1.82) is 0 Å². The van der Waals surface area contributed by atoms with Crippen molar-refractivity contribution >= 4 is 39.2 Å². The summed E-state index contributed by atoms with van der Waals surface area (Å²) in [5.74, 6) is 0.851. The molecule has 1 amide bonds.